The van der Waals surface area contributed by atoms with Crippen molar-refractivity contribution < 1.29 is 52.7 Å². The minimum Gasteiger partial charge on any atom is -0.251 e. The number of nitrogens with zero attached hydrogens (tertiary/aromatic N) is 24. The molecular weight excluding hydrogens is 1750 g/mol. The van der Waals surface area contributed by atoms with E-state index in [1.807, 2.05) is 0 Å². The van der Waals surface area contributed by atoms with E-state index in [1.54, 1.807) is 55.0 Å². The number of hydrogen-bond donors (Lipinski definition) is 0. The van der Waals surface area contributed by atoms with Gasteiger partial charge in [0.25, 0.3) is 0 Å². The van der Waals surface area contributed by atoms with Gasteiger partial charge in [0.15, 0.2) is 122 Å². The maximum absolute atomic E-state index is 13.6. The van der Waals surface area contributed by atoms with Gasteiger partial charge in [0.2, 0.25) is 17.8 Å². The number of pyridine rings is 12. The minimum atomic E-state index is -1.36. The standard InChI is InChI=1S/C18H6Cl6N6.C18H9Cl3N6.2C18H6F6N6/c19-7-1-13(25-4-10(7)22)16-28-17(14-2-8(20)11(23)5-26-14)30-18(29-16)15-3-9(21)12(24)6-27-15;19-13-7-10(1-4-22-13)16-25-17(11-2-5-23-14(20)8-11)27-18(26-16)12-3-6-24-15(21)9-12;19-7-1-13(25-4-10(7)22)16-28-17(14-2-8(20)11(23)5-26-14)30-18(29-16)15-3-9(21)12(24)6-27-15;19-10-1-7(4-25-13(10)22)16-28-17(8-2-11(20)14(23)26-5-8)30-18(29-16)9-3-12(21)15(24)27-6-9/h1-6H;1-9H;2*1-6H. The first-order valence-corrected chi connectivity index (χ1v) is 35.2. The molecule has 24 nitrogen and oxygen atoms in total. The molecule has 0 saturated carbocycles. The maximum Gasteiger partial charge on any atom is 0.248 e. The molecule has 0 bridgehead atoms. The first-order chi connectivity index (χ1) is 56.0. The summed E-state index contributed by atoms with van der Waals surface area (Å²) in [5.74, 6) is -15.1. The van der Waals surface area contributed by atoms with E-state index in [-0.39, 0.29) is 86.2 Å². The van der Waals surface area contributed by atoms with Crippen LogP contribution >= 0.6 is 104 Å². The highest BCUT2D eigenvalue weighted by molar-refractivity contribution is 6.43. The Kier molecular flexibility index (Phi) is 25.5. The molecule has 0 unspecified atom stereocenters. The number of aromatic nitrogens is 24. The quantitative estimate of drug-likeness (QED) is 0.0810. The molecule has 0 radical (unpaired) electrons. The summed E-state index contributed by atoms with van der Waals surface area (Å²) >= 11 is 54.3. The average molecular weight is 1780 g/mol. The Labute approximate surface area is 690 Å². The fourth-order valence-corrected chi connectivity index (χ4v) is 10.7. The molecule has 0 saturated heterocycles. The van der Waals surface area contributed by atoms with E-state index in [0.29, 0.717) is 134 Å². The lowest BCUT2D eigenvalue weighted by atomic mass is 10.2. The molecule has 16 rings (SSSR count). The van der Waals surface area contributed by atoms with E-state index in [4.69, 9.17) is 104 Å². The summed E-state index contributed by atoms with van der Waals surface area (Å²) in [6.45, 7) is 0. The van der Waals surface area contributed by atoms with Crippen LogP contribution in [0.4, 0.5) is 52.7 Å². The molecule has 45 heteroatoms. The lowest BCUT2D eigenvalue weighted by Crippen LogP contribution is -2.04. The normalized spacial score (nSPS) is 10.9. The lowest BCUT2D eigenvalue weighted by molar-refractivity contribution is 0.479. The van der Waals surface area contributed by atoms with Crippen LogP contribution in [0.1, 0.15) is 0 Å². The van der Waals surface area contributed by atoms with Gasteiger partial charge in [0.05, 0.1) is 48.7 Å². The monoisotopic (exact) mass is 1770 g/mol. The smallest absolute Gasteiger partial charge is 0.248 e. The number of hydrogen-bond acceptors (Lipinski definition) is 24. The van der Waals surface area contributed by atoms with Gasteiger partial charge < -0.3 is 0 Å². The van der Waals surface area contributed by atoms with Crippen molar-refractivity contribution in [2.24, 2.45) is 0 Å². The fourth-order valence-electron chi connectivity index (χ4n) is 9.44. The van der Waals surface area contributed by atoms with Crippen LogP contribution in [0.3, 0.4) is 0 Å². The Morgan fingerprint density at radius 1 is 0.171 bits per heavy atom. The van der Waals surface area contributed by atoms with Gasteiger partial charge in [-0.15, -0.1) is 0 Å². The van der Waals surface area contributed by atoms with Gasteiger partial charge in [0, 0.05) is 107 Å². The third-order valence-corrected chi connectivity index (χ3v) is 17.6. The molecule has 16 aromatic rings. The van der Waals surface area contributed by atoms with Gasteiger partial charge in [0.1, 0.15) is 49.6 Å². The molecule has 0 aliphatic heterocycles. The Balaban J connectivity index is 0.000000136. The molecule has 0 N–H and O–H groups in total. The van der Waals surface area contributed by atoms with Crippen LogP contribution in [-0.2, 0) is 0 Å². The second-order valence-corrected chi connectivity index (χ2v) is 26.3. The third kappa shape index (κ3) is 20.1. The van der Waals surface area contributed by atoms with Crippen LogP contribution in [0.15, 0.2) is 165 Å². The van der Waals surface area contributed by atoms with Gasteiger partial charge in [-0.1, -0.05) is 104 Å². The van der Waals surface area contributed by atoms with Gasteiger partial charge in [-0.2, -0.15) is 13.2 Å². The van der Waals surface area contributed by atoms with E-state index in [9.17, 15) is 52.7 Å². The summed E-state index contributed by atoms with van der Waals surface area (Å²) in [5.41, 5.74) is 2.22. The zero-order chi connectivity index (χ0) is 83.0. The Hall–Kier alpha value is -12.4. The number of rotatable bonds is 12. The highest BCUT2D eigenvalue weighted by atomic mass is 35.5. The molecule has 0 aliphatic carbocycles. The fraction of sp³-hybridized carbons (Fsp3) is 0. The van der Waals surface area contributed by atoms with Crippen LogP contribution in [0, 0.1) is 70.2 Å². The van der Waals surface area contributed by atoms with Crippen molar-refractivity contribution in [3.63, 3.8) is 0 Å². The second kappa shape index (κ2) is 36.2. The predicted molar refractivity (Wildman–Crippen MR) is 403 cm³/mol. The van der Waals surface area contributed by atoms with Crippen molar-refractivity contribution in [1.82, 2.24) is 120 Å². The molecule has 0 atom stereocenters. The van der Waals surface area contributed by atoms with Crippen molar-refractivity contribution in [2.75, 3.05) is 0 Å². The first-order valence-electron chi connectivity index (χ1n) is 31.8. The van der Waals surface area contributed by atoms with Crippen molar-refractivity contribution in [3.8, 4) is 137 Å². The summed E-state index contributed by atoms with van der Waals surface area (Å²) in [6.07, 6.45) is 13.5. The molecule has 0 aromatic carbocycles. The number of halogens is 21. The zero-order valence-electron chi connectivity index (χ0n) is 56.8. The summed E-state index contributed by atoms with van der Waals surface area (Å²) in [6, 6.07) is 19.3. The zero-order valence-corrected chi connectivity index (χ0v) is 63.6. The summed E-state index contributed by atoms with van der Waals surface area (Å²) in [5, 5.41) is 2.81. The molecule has 0 fully saturated rings. The molecule has 582 valence electrons. The van der Waals surface area contributed by atoms with Crippen molar-refractivity contribution in [2.45, 2.75) is 0 Å². The molecular formula is C72H27Cl9F12N24. The molecule has 16 heterocycles. The van der Waals surface area contributed by atoms with Gasteiger partial charge in [-0.25, -0.2) is 144 Å². The highest BCUT2D eigenvalue weighted by Crippen LogP contribution is 2.35. The van der Waals surface area contributed by atoms with Crippen LogP contribution < -0.4 is 0 Å². The van der Waals surface area contributed by atoms with E-state index in [2.05, 4.69) is 120 Å². The largest absolute Gasteiger partial charge is 0.251 e. The molecule has 0 spiro atoms. The SMILES string of the molecule is Clc1cc(-c2nc(-c3ccnc(Cl)c3)nc(-c3ccnc(Cl)c3)n2)ccn1.Clc1cnc(-c2nc(-c3cc(Cl)c(Cl)cn3)nc(-c3cc(Cl)c(Cl)cn3)n2)cc1Cl.Fc1cc(-c2nc(-c3cnc(F)c(F)c3)nc(-c3cnc(F)c(F)c3)n2)cnc1F.Fc1cnc(-c2nc(-c3cc(F)c(F)cn3)nc(-c3cc(F)c(F)cn3)n2)cc1F. The van der Waals surface area contributed by atoms with Crippen LogP contribution in [0.25, 0.3) is 137 Å². The lowest BCUT2D eigenvalue weighted by Gasteiger charge is -2.08. The molecule has 0 amide bonds. The topological polar surface area (TPSA) is 309 Å². The van der Waals surface area contributed by atoms with Gasteiger partial charge in [-0.05, 0) is 72.8 Å². The molecule has 117 heavy (non-hydrogen) atoms. The van der Waals surface area contributed by atoms with E-state index in [1.165, 1.54) is 36.8 Å². The van der Waals surface area contributed by atoms with Crippen LogP contribution in [-0.4, -0.2) is 120 Å². The van der Waals surface area contributed by atoms with Crippen molar-refractivity contribution in [3.05, 3.63) is 281 Å². The van der Waals surface area contributed by atoms with Crippen molar-refractivity contribution in [1.29, 1.82) is 0 Å². The predicted octanol–water partition coefficient (Wildman–Crippen LogP) is 19.8. The van der Waals surface area contributed by atoms with Gasteiger partial charge >= 0.3 is 0 Å². The first kappa shape index (κ1) is 82.6. The summed E-state index contributed by atoms with van der Waals surface area (Å²) < 4.78 is 161. The van der Waals surface area contributed by atoms with E-state index >= 15 is 0 Å². The minimum absolute atomic E-state index is 0.0927. The van der Waals surface area contributed by atoms with Crippen molar-refractivity contribution >= 4 is 104 Å². The van der Waals surface area contributed by atoms with E-state index in [0.717, 1.165) is 36.8 Å². The Morgan fingerprint density at radius 3 is 0.598 bits per heavy atom. The summed E-state index contributed by atoms with van der Waals surface area (Å²) in [4.78, 5) is 96.3. The Morgan fingerprint density at radius 2 is 0.385 bits per heavy atom. The molecule has 16 aromatic heterocycles. The summed E-state index contributed by atoms with van der Waals surface area (Å²) in [7, 11) is 0. The van der Waals surface area contributed by atoms with E-state index < -0.39 is 70.2 Å². The maximum atomic E-state index is 13.6. The third-order valence-electron chi connectivity index (χ3n) is 14.9. The van der Waals surface area contributed by atoms with Crippen LogP contribution in [0.5, 0.6) is 0 Å². The second-order valence-electron chi connectivity index (χ2n) is 22.7. The van der Waals surface area contributed by atoms with Gasteiger partial charge in [-0.3, -0.25) is 15.0 Å². The average Bonchev–Trinajstić information content (AvgIpc) is 0.802. The highest BCUT2D eigenvalue weighted by Gasteiger charge is 2.24. The molecule has 0 aliphatic rings. The Bertz CT molecular complexity index is 5420. The van der Waals surface area contributed by atoms with Crippen LogP contribution in [0.2, 0.25) is 45.6 Å².